The number of nitriles is 3. The molecule has 0 bridgehead atoms. The van der Waals surface area contributed by atoms with Crippen molar-refractivity contribution in [3.05, 3.63) is 155 Å². The molecule has 796 valence electrons. The average Bonchev–Trinajstić information content (AvgIpc) is 1.60. The lowest BCUT2D eigenvalue weighted by Gasteiger charge is -2.32. The topological polar surface area (TPSA) is 236 Å². The minimum Gasteiger partial charge on any atom is -0.462 e. The highest BCUT2D eigenvalue weighted by atomic mass is 35.5. The van der Waals surface area contributed by atoms with Crippen molar-refractivity contribution in [2.45, 2.75) is 273 Å². The second kappa shape index (κ2) is 47.3. The van der Waals surface area contributed by atoms with Crippen molar-refractivity contribution < 1.29 is 48.5 Å². The van der Waals surface area contributed by atoms with Gasteiger partial charge in [-0.2, -0.15) is 61.2 Å². The van der Waals surface area contributed by atoms with Crippen LogP contribution in [0.3, 0.4) is 0 Å². The molecular weight excluding hydrogens is 1990 g/mol. The molecule has 9 fully saturated rings. The SMILES string of the molecule is C=[S-](=O)CC.CCc1nc(N2CCC3(CCN(Cc4ccc5c(cc(C#N)n5C[C@H](C)N5CCCCC5)c4C)C3)C2)c2cc(CC(F)(F)F)sc2n1.CCc1nc(N2CCC3(CCN(Cc4ccc5c(cc(C#N)n5C[C@H](C)N5CCCCC5)c4C)C3)C2)c2cc(CC(F)(F)F)sc2n1.CCc1nc(N2CCC3(CCNC3)C2)c2cc(CC(F)(F)F)sc2n1.Cc1c(C=O)ccc2c1cc(C#N)n2C[C@H](C)N1CCCCC1.Cl. The monoisotopic (exact) mass is 2130 g/mol. The number of nitrogens with one attached hydrogen (secondary N) is 1. The highest BCUT2D eigenvalue weighted by molar-refractivity contribution is 7.82. The van der Waals surface area contributed by atoms with Crippen molar-refractivity contribution in [3.63, 3.8) is 0 Å². The number of aryl methyl sites for hydroxylation is 6. The lowest BCUT2D eigenvalue weighted by molar-refractivity contribution is -0.127. The predicted octanol–water partition coefficient (Wildman–Crippen LogP) is 22.8. The van der Waals surface area contributed by atoms with Gasteiger partial charge in [0.15, 0.2) is 0 Å². The predicted molar refractivity (Wildman–Crippen MR) is 582 cm³/mol. The van der Waals surface area contributed by atoms with E-state index in [1.807, 2.05) is 52.8 Å². The Balaban J connectivity index is 0.000000144. The summed E-state index contributed by atoms with van der Waals surface area (Å²) in [5.41, 5.74) is 12.8. The van der Waals surface area contributed by atoms with E-state index in [-0.39, 0.29) is 28.7 Å². The fraction of sp³-hybridized carbons (Fsp3) is 0.577. The van der Waals surface area contributed by atoms with E-state index >= 15 is 0 Å². The molecule has 21 rings (SSSR count). The Kier molecular flexibility index (Phi) is 35.5. The summed E-state index contributed by atoms with van der Waals surface area (Å²) in [7, 11) is -0.823. The zero-order chi connectivity index (χ0) is 104. The average molecular weight is 2140 g/mol. The largest absolute Gasteiger partial charge is 0.462 e. The second-order valence-corrected chi connectivity index (χ2v) is 47.5. The number of piperidine rings is 3. The van der Waals surface area contributed by atoms with Gasteiger partial charge in [0.1, 0.15) is 91.0 Å². The third kappa shape index (κ3) is 25.6. The number of alkyl halides is 9. The summed E-state index contributed by atoms with van der Waals surface area (Å²) in [6.07, 6.45) is 5.41. The summed E-state index contributed by atoms with van der Waals surface area (Å²) in [4.78, 5) is 61.6. The molecule has 9 aliphatic heterocycles. The minimum absolute atomic E-state index is 0. The summed E-state index contributed by atoms with van der Waals surface area (Å²) in [5.74, 6) is 8.36. The number of hydrogen-bond acceptors (Lipinski definition) is 24. The normalized spacial score (nSPS) is 20.9. The molecule has 23 nitrogen and oxygen atoms in total. The minimum atomic E-state index is -4.25. The third-order valence-electron chi connectivity index (χ3n) is 32.4. The molecule has 37 heteroatoms. The molecular formula is C111H140ClF9N21O2S4-. The molecule has 3 spiro atoms. The lowest BCUT2D eigenvalue weighted by atomic mass is 9.86. The summed E-state index contributed by atoms with van der Waals surface area (Å²) >= 11 is 3.42. The molecule has 0 amide bonds. The van der Waals surface area contributed by atoms with Crippen LogP contribution >= 0.6 is 46.4 Å². The Hall–Kier alpha value is -9.62. The van der Waals surface area contributed by atoms with E-state index in [4.69, 9.17) is 9.97 Å². The van der Waals surface area contributed by atoms with Gasteiger partial charge in [-0.1, -0.05) is 59.1 Å². The van der Waals surface area contributed by atoms with Gasteiger partial charge in [-0.05, 0) is 266 Å². The number of carbonyl (C=O) groups excluding carboxylic acids is 1. The smallest absolute Gasteiger partial charge is 0.393 e. The molecule has 6 atom stereocenters. The Morgan fingerprint density at radius 1 is 0.432 bits per heavy atom. The number of carbonyl (C=O) groups is 1. The van der Waals surface area contributed by atoms with Crippen molar-refractivity contribution in [1.29, 1.82) is 15.8 Å². The summed E-state index contributed by atoms with van der Waals surface area (Å²) in [6.45, 7) is 43.2. The van der Waals surface area contributed by atoms with Gasteiger partial charge in [-0.3, -0.25) is 39.7 Å². The van der Waals surface area contributed by atoms with Crippen LogP contribution < -0.4 is 20.0 Å². The molecule has 12 aromatic rings. The summed E-state index contributed by atoms with van der Waals surface area (Å²) in [5, 5.41) is 38.6. The van der Waals surface area contributed by atoms with Gasteiger partial charge in [0.2, 0.25) is 0 Å². The Morgan fingerprint density at radius 3 is 1.05 bits per heavy atom. The fourth-order valence-electron chi connectivity index (χ4n) is 24.1. The molecule has 0 radical (unpaired) electrons. The van der Waals surface area contributed by atoms with Crippen LogP contribution in [-0.4, -0.2) is 240 Å². The molecule has 3 unspecified atom stereocenters. The van der Waals surface area contributed by atoms with E-state index < -0.39 is 48.2 Å². The maximum Gasteiger partial charge on any atom is 0.393 e. The van der Waals surface area contributed by atoms with Crippen LogP contribution in [0.1, 0.15) is 232 Å². The second-order valence-electron chi connectivity index (χ2n) is 42.7. The molecule has 1 N–H and O–H groups in total. The number of aldehydes is 1. The van der Waals surface area contributed by atoms with Gasteiger partial charge >= 0.3 is 18.5 Å². The van der Waals surface area contributed by atoms with E-state index in [9.17, 15) is 64.3 Å². The van der Waals surface area contributed by atoms with Crippen molar-refractivity contribution in [1.82, 2.24) is 73.4 Å². The number of benzene rings is 3. The highest BCUT2D eigenvalue weighted by Gasteiger charge is 2.48. The van der Waals surface area contributed by atoms with Crippen molar-refractivity contribution >= 4 is 150 Å². The first-order valence-electron chi connectivity index (χ1n) is 52.8. The van der Waals surface area contributed by atoms with Crippen LogP contribution in [0.25, 0.3) is 63.4 Å². The molecule has 9 aliphatic rings. The van der Waals surface area contributed by atoms with Crippen molar-refractivity contribution in [2.75, 3.05) is 138 Å². The molecule has 9 saturated heterocycles. The van der Waals surface area contributed by atoms with Crippen LogP contribution in [0.4, 0.5) is 57.0 Å². The Labute approximate surface area is 883 Å². The van der Waals surface area contributed by atoms with Crippen LogP contribution in [-0.2, 0) is 85.8 Å². The molecule has 9 aromatic heterocycles. The van der Waals surface area contributed by atoms with Crippen LogP contribution in [0.15, 0.2) is 72.8 Å². The van der Waals surface area contributed by atoms with Crippen molar-refractivity contribution in [2.24, 2.45) is 16.2 Å². The van der Waals surface area contributed by atoms with Crippen LogP contribution in [0.2, 0.25) is 0 Å². The molecule has 18 heterocycles. The van der Waals surface area contributed by atoms with Crippen LogP contribution in [0.5, 0.6) is 0 Å². The van der Waals surface area contributed by atoms with Gasteiger partial charge < -0.3 is 37.9 Å². The van der Waals surface area contributed by atoms with E-state index in [1.165, 1.54) is 90.8 Å². The zero-order valence-corrected chi connectivity index (χ0v) is 91.1. The number of nitrogens with zero attached hydrogens (tertiary/aromatic N) is 20. The number of thiophene rings is 3. The van der Waals surface area contributed by atoms with Gasteiger partial charge in [-0.15, -0.1) is 52.2 Å². The maximum absolute atomic E-state index is 13.2. The van der Waals surface area contributed by atoms with Gasteiger partial charge in [0, 0.05) is 198 Å². The van der Waals surface area contributed by atoms with Gasteiger partial charge in [0.25, 0.3) is 0 Å². The van der Waals surface area contributed by atoms with Crippen LogP contribution in [0, 0.1) is 71.0 Å². The zero-order valence-electron chi connectivity index (χ0n) is 87.0. The first kappa shape index (κ1) is 111. The van der Waals surface area contributed by atoms with E-state index in [2.05, 4.69) is 173 Å². The lowest BCUT2D eigenvalue weighted by Crippen LogP contribution is -2.39. The van der Waals surface area contributed by atoms with Crippen molar-refractivity contribution in [3.8, 4) is 18.2 Å². The third-order valence-corrected chi connectivity index (χ3v) is 36.1. The Bertz CT molecular complexity index is 6660. The number of fused-ring (bicyclic) bond motifs is 6. The number of hydrogen-bond donors (Lipinski definition) is 1. The number of anilines is 3. The molecule has 0 saturated carbocycles. The molecule has 0 aliphatic carbocycles. The highest BCUT2D eigenvalue weighted by Crippen LogP contribution is 2.49. The molecule has 3 aromatic carbocycles. The number of halogens is 10. The van der Waals surface area contributed by atoms with Gasteiger partial charge in [-0.25, -0.2) is 29.9 Å². The maximum atomic E-state index is 13.2. The standard InChI is InChI=1S/2C36H44F3N7S.C19H23N3O.C17H21F3N4S.C3H7OS.ClH/c2*1-4-32-41-33(30-17-28(18-36(37,38)39)47-34(30)42-32)45-15-11-35(23-45)10-14-43(22-35)21-26-8-9-31-29(25(26)3)16-27(19-40)46(31)20-24(2)44-12-6-5-7-13-44;1-14(21-8-4-3-5-9-21)12-22-17(11-20)10-18-15(2)16(13-23)6-7-19(18)22;1-2-13-22-14(24-6-4-16(10-24)3-5-21-9-16)12-7-11(8-17(18,19)20)25-15(12)23-13;1-3-5(2)4;/h2*8-9,16-17,24H,4-7,10-15,18,20-23H2,1-3H3;6-7,10,13-14H,3-5,8-9,12H2,1-2H3;7,21H,2-6,8-10H2,1H3;2-3H2,1H3;1H/q;;;;-1;/t2*24-,35?;14-;;;/m000.../s1. The van der Waals surface area contributed by atoms with E-state index in [0.717, 1.165) is 302 Å². The quantitative estimate of drug-likeness (QED) is 0.0256. The fourth-order valence-corrected chi connectivity index (χ4v) is 27.3. The number of aromatic nitrogens is 9. The van der Waals surface area contributed by atoms with E-state index in [0.29, 0.717) is 101 Å². The molecule has 148 heavy (non-hydrogen) atoms. The van der Waals surface area contributed by atoms with Gasteiger partial charge in [0.05, 0.1) is 35.4 Å². The summed E-state index contributed by atoms with van der Waals surface area (Å²) in [6, 6.07) is 32.2. The Morgan fingerprint density at radius 2 is 0.750 bits per heavy atom. The number of rotatable bonds is 24. The first-order chi connectivity index (χ1) is 70.4. The summed E-state index contributed by atoms with van der Waals surface area (Å²) < 4.78 is 134. The number of likely N-dealkylation sites (tertiary alicyclic amines) is 5. The first-order valence-corrected chi connectivity index (χ1v) is 56.7. The van der Waals surface area contributed by atoms with E-state index in [1.54, 1.807) is 18.2 Å².